The van der Waals surface area contributed by atoms with E-state index in [0.29, 0.717) is 33.7 Å². The quantitative estimate of drug-likeness (QED) is 0.290. The first-order valence-electron chi connectivity index (χ1n) is 12.5. The highest BCUT2D eigenvalue weighted by Crippen LogP contribution is 2.44. The van der Waals surface area contributed by atoms with Crippen LogP contribution in [0.1, 0.15) is 54.9 Å². The molecular formula is C28H31ClN4O4S. The second-order valence-electron chi connectivity index (χ2n) is 9.86. The van der Waals surface area contributed by atoms with E-state index in [1.165, 1.54) is 13.0 Å². The molecule has 1 saturated carbocycles. The summed E-state index contributed by atoms with van der Waals surface area (Å²) in [5, 5.41) is 23.7. The number of hydrogen-bond acceptors (Lipinski definition) is 6. The van der Waals surface area contributed by atoms with Crippen LogP contribution in [0.25, 0.3) is 5.70 Å². The second-order valence-corrected chi connectivity index (χ2v) is 11.3. The Morgan fingerprint density at radius 2 is 1.76 bits per heavy atom. The molecular weight excluding hydrogens is 524 g/mol. The number of amides is 2. The van der Waals surface area contributed by atoms with Crippen molar-refractivity contribution in [1.29, 1.82) is 5.41 Å². The van der Waals surface area contributed by atoms with Crippen molar-refractivity contribution in [1.82, 2.24) is 0 Å². The standard InChI is InChI=1S/C28H31ClN4O4S/c1-15(34)32-23-11-8-19(29)13-21(23)28(37)33-20-9-6-18(7-10-20)25(30)27-26(31)22(14-38-27)17-4-2-16(3-5-17)12-24(35)36/h6-11,13,16-17,22,31H,2-5,12,14,30H2,1H3,(H,32,34)(H,33,37)(H,35,36)/b27-25+,31-26?. The van der Waals surface area contributed by atoms with Crippen LogP contribution in [0.4, 0.5) is 11.4 Å². The van der Waals surface area contributed by atoms with Gasteiger partial charge in [0.1, 0.15) is 0 Å². The maximum Gasteiger partial charge on any atom is 0.303 e. The first-order valence-corrected chi connectivity index (χ1v) is 13.9. The van der Waals surface area contributed by atoms with Crippen molar-refractivity contribution in [2.75, 3.05) is 16.4 Å². The number of benzene rings is 2. The van der Waals surface area contributed by atoms with Crippen LogP contribution in [0.3, 0.4) is 0 Å². The van der Waals surface area contributed by atoms with Crippen LogP contribution < -0.4 is 16.4 Å². The summed E-state index contributed by atoms with van der Waals surface area (Å²) in [5.41, 5.74) is 9.54. The van der Waals surface area contributed by atoms with Crippen LogP contribution in [-0.2, 0) is 9.59 Å². The van der Waals surface area contributed by atoms with E-state index in [0.717, 1.165) is 41.9 Å². The Morgan fingerprint density at radius 1 is 1.08 bits per heavy atom. The van der Waals surface area contributed by atoms with Crippen molar-refractivity contribution in [2.45, 2.75) is 39.0 Å². The Balaban J connectivity index is 1.42. The minimum Gasteiger partial charge on any atom is -0.481 e. The monoisotopic (exact) mass is 554 g/mol. The summed E-state index contributed by atoms with van der Waals surface area (Å²) in [6.45, 7) is 1.37. The third-order valence-electron chi connectivity index (χ3n) is 7.18. The van der Waals surface area contributed by atoms with E-state index in [4.69, 9.17) is 27.9 Å². The van der Waals surface area contributed by atoms with Gasteiger partial charge in [0.2, 0.25) is 5.91 Å². The summed E-state index contributed by atoms with van der Waals surface area (Å²) in [5.74, 6) is 0.127. The van der Waals surface area contributed by atoms with Crippen LogP contribution in [0, 0.1) is 23.2 Å². The van der Waals surface area contributed by atoms with Gasteiger partial charge in [0, 0.05) is 35.7 Å². The van der Waals surface area contributed by atoms with Crippen molar-refractivity contribution in [2.24, 2.45) is 23.5 Å². The molecule has 0 bridgehead atoms. The van der Waals surface area contributed by atoms with E-state index in [1.54, 1.807) is 36.0 Å². The van der Waals surface area contributed by atoms with Gasteiger partial charge in [-0.15, -0.1) is 11.8 Å². The number of nitrogens with two attached hydrogens (primary N) is 1. The largest absolute Gasteiger partial charge is 0.481 e. The van der Waals surface area contributed by atoms with Crippen molar-refractivity contribution in [3.8, 4) is 0 Å². The fourth-order valence-electron chi connectivity index (χ4n) is 5.20. The summed E-state index contributed by atoms with van der Waals surface area (Å²) in [4.78, 5) is 36.2. The second kappa shape index (κ2) is 12.0. The number of aliphatic carboxylic acids is 1. The summed E-state index contributed by atoms with van der Waals surface area (Å²) in [6.07, 6.45) is 3.92. The molecule has 2 amide bonds. The minimum atomic E-state index is -0.736. The van der Waals surface area contributed by atoms with Crippen LogP contribution in [0.15, 0.2) is 47.4 Å². The molecule has 1 saturated heterocycles. The van der Waals surface area contributed by atoms with E-state index in [2.05, 4.69) is 10.6 Å². The average molecular weight is 555 g/mol. The number of allylic oxidation sites excluding steroid dienone is 1. The lowest BCUT2D eigenvalue weighted by atomic mass is 9.74. The number of carbonyl (C=O) groups is 3. The van der Waals surface area contributed by atoms with Crippen LogP contribution in [-0.4, -0.2) is 34.4 Å². The molecule has 8 nitrogen and oxygen atoms in total. The highest BCUT2D eigenvalue weighted by molar-refractivity contribution is 8.04. The number of halogens is 1. The van der Waals surface area contributed by atoms with Crippen molar-refractivity contribution < 1.29 is 19.5 Å². The first-order chi connectivity index (χ1) is 18.1. The van der Waals surface area contributed by atoms with Gasteiger partial charge >= 0.3 is 5.97 Å². The molecule has 6 N–H and O–H groups in total. The van der Waals surface area contributed by atoms with Gasteiger partial charge < -0.3 is 26.9 Å². The topological polar surface area (TPSA) is 145 Å². The SMILES string of the molecule is CC(=O)Nc1ccc(Cl)cc1C(=O)Nc1ccc(/C(N)=C2\SCC(C3CCC(CC(=O)O)CC3)C2=N)cc1. The first kappa shape index (κ1) is 27.7. The Labute approximate surface area is 230 Å². The number of carboxylic acids is 1. The van der Waals surface area contributed by atoms with Crippen LogP contribution >= 0.6 is 23.4 Å². The lowest BCUT2D eigenvalue weighted by molar-refractivity contribution is -0.138. The van der Waals surface area contributed by atoms with Gasteiger partial charge in [0.15, 0.2) is 0 Å². The third-order valence-corrected chi connectivity index (χ3v) is 8.67. The van der Waals surface area contributed by atoms with Gasteiger partial charge in [0.25, 0.3) is 5.91 Å². The van der Waals surface area contributed by atoms with E-state index < -0.39 is 11.9 Å². The third kappa shape index (κ3) is 6.57. The average Bonchev–Trinajstić information content (AvgIpc) is 3.26. The van der Waals surface area contributed by atoms with E-state index in [1.807, 2.05) is 12.1 Å². The van der Waals surface area contributed by atoms with E-state index in [-0.39, 0.29) is 29.7 Å². The predicted octanol–water partition coefficient (Wildman–Crippen LogP) is 5.84. The Hall–Kier alpha value is -3.30. The number of nitrogens with one attached hydrogen (secondary N) is 3. The number of hydrogen-bond donors (Lipinski definition) is 5. The lowest BCUT2D eigenvalue weighted by Gasteiger charge is -2.31. The Bertz CT molecular complexity index is 1290. The van der Waals surface area contributed by atoms with Crippen molar-refractivity contribution >= 4 is 63.9 Å². The molecule has 2 fully saturated rings. The molecule has 1 aliphatic carbocycles. The van der Waals surface area contributed by atoms with Crippen molar-refractivity contribution in [3.63, 3.8) is 0 Å². The summed E-state index contributed by atoms with van der Waals surface area (Å²) in [7, 11) is 0. The molecule has 200 valence electrons. The summed E-state index contributed by atoms with van der Waals surface area (Å²) >= 11 is 7.67. The maximum absolute atomic E-state index is 12.9. The zero-order valence-corrected chi connectivity index (χ0v) is 22.6. The fourth-order valence-corrected chi connectivity index (χ4v) is 6.74. The molecule has 1 heterocycles. The molecule has 2 aliphatic rings. The van der Waals surface area contributed by atoms with Gasteiger partial charge in [-0.05, 0) is 73.4 Å². The molecule has 2 aromatic carbocycles. The highest BCUT2D eigenvalue weighted by atomic mass is 35.5. The molecule has 2 aromatic rings. The van der Waals surface area contributed by atoms with Crippen molar-refractivity contribution in [3.05, 3.63) is 63.5 Å². The number of carboxylic acid groups (broad SMARTS) is 1. The number of rotatable bonds is 7. The molecule has 1 aliphatic heterocycles. The Kier molecular flexibility index (Phi) is 8.79. The summed E-state index contributed by atoms with van der Waals surface area (Å²) < 4.78 is 0. The normalized spacial score (nSPS) is 22.6. The molecule has 1 atom stereocenters. The molecule has 0 radical (unpaired) electrons. The molecule has 10 heteroatoms. The van der Waals surface area contributed by atoms with Gasteiger partial charge in [-0.25, -0.2) is 0 Å². The number of anilines is 2. The van der Waals surface area contributed by atoms with Gasteiger partial charge in [-0.3, -0.25) is 14.4 Å². The number of carbonyl (C=O) groups excluding carboxylic acids is 2. The van der Waals surface area contributed by atoms with Gasteiger partial charge in [-0.1, -0.05) is 23.7 Å². The minimum absolute atomic E-state index is 0.133. The van der Waals surface area contributed by atoms with Crippen LogP contribution in [0.2, 0.25) is 5.02 Å². The fraction of sp³-hybridized carbons (Fsp3) is 0.357. The van der Waals surface area contributed by atoms with Gasteiger partial charge in [0.05, 0.1) is 27.6 Å². The molecule has 0 spiro atoms. The summed E-state index contributed by atoms with van der Waals surface area (Å²) in [6, 6.07) is 11.8. The predicted molar refractivity (Wildman–Crippen MR) is 153 cm³/mol. The molecule has 4 rings (SSSR count). The molecule has 0 aromatic heterocycles. The lowest BCUT2D eigenvalue weighted by Crippen LogP contribution is -2.27. The van der Waals surface area contributed by atoms with Crippen LogP contribution in [0.5, 0.6) is 0 Å². The molecule has 38 heavy (non-hydrogen) atoms. The smallest absolute Gasteiger partial charge is 0.303 e. The molecule has 1 unspecified atom stereocenters. The maximum atomic E-state index is 12.9. The zero-order chi connectivity index (χ0) is 27.4. The van der Waals surface area contributed by atoms with E-state index in [9.17, 15) is 14.4 Å². The Morgan fingerprint density at radius 3 is 2.39 bits per heavy atom. The number of thioether (sulfide) groups is 1. The van der Waals surface area contributed by atoms with E-state index >= 15 is 0 Å². The highest BCUT2D eigenvalue weighted by Gasteiger charge is 2.37. The zero-order valence-electron chi connectivity index (χ0n) is 21.1. The van der Waals surface area contributed by atoms with Gasteiger partial charge in [-0.2, -0.15) is 0 Å².